The number of hydrogen-bond donors (Lipinski definition) is 1. The van der Waals surface area contributed by atoms with Crippen molar-refractivity contribution in [2.24, 2.45) is 5.92 Å². The van der Waals surface area contributed by atoms with Crippen molar-refractivity contribution in [2.75, 3.05) is 19.0 Å². The molecule has 2 unspecified atom stereocenters. The number of ether oxygens (including phenoxy) is 2. The highest BCUT2D eigenvalue weighted by Crippen LogP contribution is 2.30. The SMILES string of the molecule is O=S(=O)(O)CC(C1CCCO1)C1CCCO1. The summed E-state index contributed by atoms with van der Waals surface area (Å²) in [6.45, 7) is 1.36. The zero-order chi connectivity index (χ0) is 11.6. The molecule has 0 aromatic carbocycles. The first-order valence-electron chi connectivity index (χ1n) is 5.74. The highest BCUT2D eigenvalue weighted by molar-refractivity contribution is 7.85. The summed E-state index contributed by atoms with van der Waals surface area (Å²) in [5.41, 5.74) is 0. The molecule has 0 radical (unpaired) electrons. The molecule has 2 rings (SSSR count). The van der Waals surface area contributed by atoms with Crippen LogP contribution in [-0.4, -0.2) is 44.1 Å². The van der Waals surface area contributed by atoms with Crippen LogP contribution in [0.15, 0.2) is 0 Å². The van der Waals surface area contributed by atoms with Crippen LogP contribution < -0.4 is 0 Å². The van der Waals surface area contributed by atoms with Crippen LogP contribution in [0.25, 0.3) is 0 Å². The Hall–Kier alpha value is -0.170. The van der Waals surface area contributed by atoms with E-state index in [2.05, 4.69) is 0 Å². The Kier molecular flexibility index (Phi) is 3.84. The standard InChI is InChI=1S/C10H18O5S/c11-16(12,13)7-8(9-3-1-5-14-9)10-4-2-6-15-10/h8-10H,1-7H2,(H,11,12,13). The molecule has 0 bridgehead atoms. The van der Waals surface area contributed by atoms with Gasteiger partial charge in [0.2, 0.25) is 0 Å². The molecule has 6 heteroatoms. The van der Waals surface area contributed by atoms with Gasteiger partial charge in [0, 0.05) is 19.1 Å². The summed E-state index contributed by atoms with van der Waals surface area (Å²) in [7, 11) is -3.96. The summed E-state index contributed by atoms with van der Waals surface area (Å²) in [6.07, 6.45) is 3.48. The normalized spacial score (nSPS) is 33.1. The van der Waals surface area contributed by atoms with Gasteiger partial charge in [0.25, 0.3) is 10.1 Å². The second-order valence-electron chi connectivity index (χ2n) is 4.52. The van der Waals surface area contributed by atoms with E-state index >= 15 is 0 Å². The van der Waals surface area contributed by atoms with Gasteiger partial charge in [-0.3, -0.25) is 4.55 Å². The van der Waals surface area contributed by atoms with Gasteiger partial charge in [0.05, 0.1) is 18.0 Å². The second-order valence-corrected chi connectivity index (χ2v) is 6.01. The first kappa shape index (κ1) is 12.3. The molecule has 2 aliphatic rings. The first-order valence-corrected chi connectivity index (χ1v) is 7.35. The minimum Gasteiger partial charge on any atom is -0.378 e. The van der Waals surface area contributed by atoms with Crippen LogP contribution in [0.4, 0.5) is 0 Å². The predicted molar refractivity (Wildman–Crippen MR) is 57.9 cm³/mol. The maximum Gasteiger partial charge on any atom is 0.265 e. The van der Waals surface area contributed by atoms with Crippen LogP contribution in [-0.2, 0) is 19.6 Å². The minimum absolute atomic E-state index is 0.0787. The third-order valence-corrected chi connectivity index (χ3v) is 4.09. The van der Waals surface area contributed by atoms with Gasteiger partial charge in [-0.1, -0.05) is 0 Å². The smallest absolute Gasteiger partial charge is 0.265 e. The van der Waals surface area contributed by atoms with Gasteiger partial charge in [-0.2, -0.15) is 8.42 Å². The molecule has 0 spiro atoms. The molecule has 2 aliphatic heterocycles. The zero-order valence-electron chi connectivity index (χ0n) is 9.17. The van der Waals surface area contributed by atoms with Gasteiger partial charge in [-0.25, -0.2) is 0 Å². The molecule has 0 aromatic rings. The molecule has 94 valence electrons. The van der Waals surface area contributed by atoms with Gasteiger partial charge in [0.1, 0.15) is 0 Å². The van der Waals surface area contributed by atoms with Crippen molar-refractivity contribution < 1.29 is 22.4 Å². The van der Waals surface area contributed by atoms with Crippen molar-refractivity contribution in [2.45, 2.75) is 37.9 Å². The van der Waals surface area contributed by atoms with Crippen molar-refractivity contribution >= 4 is 10.1 Å². The predicted octanol–water partition coefficient (Wildman–Crippen LogP) is 0.848. The van der Waals surface area contributed by atoms with Crippen molar-refractivity contribution in [1.82, 2.24) is 0 Å². The quantitative estimate of drug-likeness (QED) is 0.749. The molecule has 0 amide bonds. The molecule has 0 saturated carbocycles. The summed E-state index contributed by atoms with van der Waals surface area (Å²) >= 11 is 0. The highest BCUT2D eigenvalue weighted by Gasteiger charge is 2.37. The Bertz CT molecular complexity index is 298. The lowest BCUT2D eigenvalue weighted by atomic mass is 9.94. The maximum atomic E-state index is 11.0. The molecule has 2 saturated heterocycles. The third-order valence-electron chi connectivity index (χ3n) is 3.29. The summed E-state index contributed by atoms with van der Waals surface area (Å²) in [5.74, 6) is -0.470. The van der Waals surface area contributed by atoms with Gasteiger partial charge >= 0.3 is 0 Å². The largest absolute Gasteiger partial charge is 0.378 e. The summed E-state index contributed by atoms with van der Waals surface area (Å²) in [6, 6.07) is 0. The minimum atomic E-state index is -3.96. The maximum absolute atomic E-state index is 11.0. The molecule has 2 heterocycles. The fourth-order valence-corrected chi connectivity index (χ4v) is 3.49. The van der Waals surface area contributed by atoms with Crippen LogP contribution in [0, 0.1) is 5.92 Å². The zero-order valence-corrected chi connectivity index (χ0v) is 9.99. The van der Waals surface area contributed by atoms with Gasteiger partial charge in [0.15, 0.2) is 0 Å². The topological polar surface area (TPSA) is 72.8 Å². The Balaban J connectivity index is 2.05. The van der Waals surface area contributed by atoms with E-state index < -0.39 is 10.1 Å². The molecule has 1 N–H and O–H groups in total. The van der Waals surface area contributed by atoms with E-state index in [1.807, 2.05) is 0 Å². The number of hydrogen-bond acceptors (Lipinski definition) is 4. The van der Waals surface area contributed by atoms with E-state index in [0.717, 1.165) is 25.7 Å². The molecule has 16 heavy (non-hydrogen) atoms. The van der Waals surface area contributed by atoms with E-state index in [4.69, 9.17) is 14.0 Å². The lowest BCUT2D eigenvalue weighted by Crippen LogP contribution is -2.36. The molecule has 0 aliphatic carbocycles. The number of rotatable bonds is 4. The molecular weight excluding hydrogens is 232 g/mol. The van der Waals surface area contributed by atoms with E-state index in [0.29, 0.717) is 13.2 Å². The molecular formula is C10H18O5S. The first-order chi connectivity index (χ1) is 7.56. The van der Waals surface area contributed by atoms with Crippen LogP contribution >= 0.6 is 0 Å². The van der Waals surface area contributed by atoms with Crippen LogP contribution in [0.3, 0.4) is 0 Å². The van der Waals surface area contributed by atoms with E-state index in [1.165, 1.54) is 0 Å². The molecule has 0 aromatic heterocycles. The van der Waals surface area contributed by atoms with Crippen molar-refractivity contribution in [1.29, 1.82) is 0 Å². The van der Waals surface area contributed by atoms with Gasteiger partial charge < -0.3 is 9.47 Å². The van der Waals surface area contributed by atoms with E-state index in [9.17, 15) is 8.42 Å². The fraction of sp³-hybridized carbons (Fsp3) is 1.00. The van der Waals surface area contributed by atoms with Crippen LogP contribution in [0.2, 0.25) is 0 Å². The molecule has 2 fully saturated rings. The van der Waals surface area contributed by atoms with Gasteiger partial charge in [-0.15, -0.1) is 0 Å². The summed E-state index contributed by atoms with van der Waals surface area (Å²) in [5, 5.41) is 0. The Morgan fingerprint density at radius 2 is 1.62 bits per heavy atom. The fourth-order valence-electron chi connectivity index (χ4n) is 2.58. The van der Waals surface area contributed by atoms with Crippen molar-refractivity contribution in [3.8, 4) is 0 Å². The summed E-state index contributed by atoms with van der Waals surface area (Å²) in [4.78, 5) is 0. The van der Waals surface area contributed by atoms with Crippen LogP contribution in [0.5, 0.6) is 0 Å². The Morgan fingerprint density at radius 3 is 1.94 bits per heavy atom. The van der Waals surface area contributed by atoms with E-state index in [1.54, 1.807) is 0 Å². The van der Waals surface area contributed by atoms with Crippen molar-refractivity contribution in [3.05, 3.63) is 0 Å². The molecule has 5 nitrogen and oxygen atoms in total. The Labute approximate surface area is 95.9 Å². The van der Waals surface area contributed by atoms with Gasteiger partial charge in [-0.05, 0) is 25.7 Å². The third kappa shape index (κ3) is 3.16. The Morgan fingerprint density at radius 1 is 1.12 bits per heavy atom. The average molecular weight is 250 g/mol. The average Bonchev–Trinajstić information content (AvgIpc) is 2.86. The second kappa shape index (κ2) is 5.00. The van der Waals surface area contributed by atoms with Crippen molar-refractivity contribution in [3.63, 3.8) is 0 Å². The lowest BCUT2D eigenvalue weighted by molar-refractivity contribution is -0.00934. The van der Waals surface area contributed by atoms with E-state index in [-0.39, 0.29) is 23.9 Å². The van der Waals surface area contributed by atoms with Crippen LogP contribution in [0.1, 0.15) is 25.7 Å². The lowest BCUT2D eigenvalue weighted by Gasteiger charge is -2.26. The monoisotopic (exact) mass is 250 g/mol. The highest BCUT2D eigenvalue weighted by atomic mass is 32.2. The summed E-state index contributed by atoms with van der Waals surface area (Å²) < 4.78 is 42.0. The molecule has 2 atom stereocenters.